The molecule has 1 saturated heterocycles. The van der Waals surface area contributed by atoms with Gasteiger partial charge in [0.25, 0.3) is 5.91 Å². The fourth-order valence-electron chi connectivity index (χ4n) is 3.91. The van der Waals surface area contributed by atoms with E-state index in [-0.39, 0.29) is 16.9 Å². The summed E-state index contributed by atoms with van der Waals surface area (Å²) in [7, 11) is 1.64. The predicted octanol–water partition coefficient (Wildman–Crippen LogP) is 1.84. The van der Waals surface area contributed by atoms with Crippen molar-refractivity contribution in [1.29, 1.82) is 0 Å². The van der Waals surface area contributed by atoms with Crippen molar-refractivity contribution in [3.05, 3.63) is 63.1 Å². The van der Waals surface area contributed by atoms with Gasteiger partial charge in [0.15, 0.2) is 5.43 Å². The molecule has 30 heavy (non-hydrogen) atoms. The lowest BCUT2D eigenvalue weighted by Crippen LogP contribution is -2.42. The number of hydrogen-bond acceptors (Lipinski definition) is 5. The minimum atomic E-state index is -0.307. The van der Waals surface area contributed by atoms with Crippen LogP contribution in [-0.2, 0) is 17.7 Å². The molecule has 1 aromatic carbocycles. The number of nitrogens with zero attached hydrogens (tertiary/aromatic N) is 2. The van der Waals surface area contributed by atoms with Gasteiger partial charge in [0.05, 0.1) is 26.9 Å². The molecule has 1 fully saturated rings. The molecule has 1 amide bonds. The lowest BCUT2D eigenvalue weighted by molar-refractivity contribution is 0.0383. The quantitative estimate of drug-likeness (QED) is 0.715. The molecule has 0 aliphatic carbocycles. The van der Waals surface area contributed by atoms with Gasteiger partial charge in [-0.2, -0.15) is 0 Å². The number of rotatable bonds is 8. The number of nitrogens with one attached hydrogen (secondary N) is 1. The maximum Gasteiger partial charge on any atom is 0.257 e. The highest BCUT2D eigenvalue weighted by molar-refractivity contribution is 5.95. The number of amides is 1. The number of carbonyl (C=O) groups is 1. The Balaban J connectivity index is 1.82. The first-order valence-corrected chi connectivity index (χ1v) is 10.5. The molecular weight excluding hydrogens is 382 g/mol. The largest absolute Gasteiger partial charge is 0.496 e. The molecule has 1 N–H and O–H groups in total. The minimum absolute atomic E-state index is 0.232. The normalized spacial score (nSPS) is 14.5. The van der Waals surface area contributed by atoms with Crippen molar-refractivity contribution in [2.75, 3.05) is 46.5 Å². The van der Waals surface area contributed by atoms with Crippen molar-refractivity contribution in [2.45, 2.75) is 26.8 Å². The van der Waals surface area contributed by atoms with Crippen molar-refractivity contribution < 1.29 is 14.3 Å². The van der Waals surface area contributed by atoms with Crippen LogP contribution in [0.4, 0.5) is 0 Å². The molecule has 1 aliphatic rings. The zero-order valence-corrected chi connectivity index (χ0v) is 18.1. The van der Waals surface area contributed by atoms with Crippen LogP contribution in [-0.4, -0.2) is 61.9 Å². The fourth-order valence-corrected chi connectivity index (χ4v) is 3.91. The molecule has 0 bridgehead atoms. The van der Waals surface area contributed by atoms with Crippen molar-refractivity contribution in [3.8, 4) is 5.75 Å². The van der Waals surface area contributed by atoms with Crippen molar-refractivity contribution >= 4 is 5.91 Å². The summed E-state index contributed by atoms with van der Waals surface area (Å²) in [6, 6.07) is 9.34. The van der Waals surface area contributed by atoms with Crippen LogP contribution >= 0.6 is 0 Å². The Kier molecular flexibility index (Phi) is 7.65. The maximum atomic E-state index is 12.9. The van der Waals surface area contributed by atoms with Crippen molar-refractivity contribution in [3.63, 3.8) is 0 Å². The molecule has 7 nitrogen and oxygen atoms in total. The Morgan fingerprint density at radius 2 is 1.97 bits per heavy atom. The highest BCUT2D eigenvalue weighted by Crippen LogP contribution is 2.21. The van der Waals surface area contributed by atoms with E-state index in [1.807, 2.05) is 42.7 Å². The summed E-state index contributed by atoms with van der Waals surface area (Å²) >= 11 is 0. The average Bonchev–Trinajstić information content (AvgIpc) is 2.76. The van der Waals surface area contributed by atoms with Gasteiger partial charge in [0, 0.05) is 49.2 Å². The Morgan fingerprint density at radius 3 is 2.67 bits per heavy atom. The molecule has 2 heterocycles. The Labute approximate surface area is 177 Å². The predicted molar refractivity (Wildman–Crippen MR) is 117 cm³/mol. The average molecular weight is 414 g/mol. The number of aryl methyl sites for hydroxylation is 1. The van der Waals surface area contributed by atoms with E-state index < -0.39 is 0 Å². The topological polar surface area (TPSA) is 72.8 Å². The lowest BCUT2D eigenvalue weighted by atomic mass is 10.1. The van der Waals surface area contributed by atoms with Gasteiger partial charge < -0.3 is 19.4 Å². The van der Waals surface area contributed by atoms with Gasteiger partial charge in [-0.3, -0.25) is 14.5 Å². The third-order valence-corrected chi connectivity index (χ3v) is 5.53. The second kappa shape index (κ2) is 10.4. The second-order valence-corrected chi connectivity index (χ2v) is 7.43. The first-order chi connectivity index (χ1) is 14.5. The van der Waals surface area contributed by atoms with Crippen molar-refractivity contribution in [1.82, 2.24) is 14.8 Å². The number of benzene rings is 1. The zero-order valence-electron chi connectivity index (χ0n) is 18.1. The van der Waals surface area contributed by atoms with Crippen LogP contribution in [0.25, 0.3) is 0 Å². The van der Waals surface area contributed by atoms with Crippen molar-refractivity contribution in [2.24, 2.45) is 0 Å². The Morgan fingerprint density at radius 1 is 1.23 bits per heavy atom. The zero-order chi connectivity index (χ0) is 21.5. The standard InChI is InChI=1S/C23H31N3O4/c1-4-19-22(23(28)24-9-10-25-11-13-30-14-12-25)20(27)15-17(2)26(19)16-18-7-5-6-8-21(18)29-3/h5-8,15H,4,9-14,16H2,1-3H3,(H,24,28). The van der Waals surface area contributed by atoms with E-state index in [1.54, 1.807) is 13.2 Å². The number of para-hydroxylation sites is 1. The molecule has 3 rings (SSSR count). The summed E-state index contributed by atoms with van der Waals surface area (Å²) in [6.07, 6.45) is 0.582. The summed E-state index contributed by atoms with van der Waals surface area (Å²) < 4.78 is 12.9. The number of morpholine rings is 1. The summed E-state index contributed by atoms with van der Waals surface area (Å²) in [5, 5.41) is 2.94. The monoisotopic (exact) mass is 413 g/mol. The molecule has 2 aromatic rings. The van der Waals surface area contributed by atoms with Crippen LogP contribution < -0.4 is 15.5 Å². The highest BCUT2D eigenvalue weighted by atomic mass is 16.5. The summed E-state index contributed by atoms with van der Waals surface area (Å²) in [6.45, 7) is 8.83. The maximum absolute atomic E-state index is 12.9. The van der Waals surface area contributed by atoms with Gasteiger partial charge in [-0.05, 0) is 19.4 Å². The van der Waals surface area contributed by atoms with Crippen LogP contribution in [0.1, 0.15) is 34.2 Å². The summed E-state index contributed by atoms with van der Waals surface area (Å²) in [5.74, 6) is 0.480. The number of ether oxygens (including phenoxy) is 2. The van der Waals surface area contributed by atoms with Crippen LogP contribution in [0.3, 0.4) is 0 Å². The van der Waals surface area contributed by atoms with Gasteiger partial charge in [-0.15, -0.1) is 0 Å². The smallest absolute Gasteiger partial charge is 0.257 e. The van der Waals surface area contributed by atoms with E-state index in [1.165, 1.54) is 0 Å². The molecule has 0 saturated carbocycles. The number of methoxy groups -OCH3 is 1. The van der Waals surface area contributed by atoms with Gasteiger partial charge in [-0.1, -0.05) is 25.1 Å². The SMILES string of the molecule is CCc1c(C(=O)NCCN2CCOCC2)c(=O)cc(C)n1Cc1ccccc1OC. The number of aromatic nitrogens is 1. The van der Waals surface area contributed by atoms with Gasteiger partial charge in [-0.25, -0.2) is 0 Å². The van der Waals surface area contributed by atoms with Gasteiger partial charge >= 0.3 is 0 Å². The molecule has 0 unspecified atom stereocenters. The van der Waals surface area contributed by atoms with E-state index >= 15 is 0 Å². The third kappa shape index (κ3) is 5.09. The minimum Gasteiger partial charge on any atom is -0.496 e. The van der Waals surface area contributed by atoms with E-state index in [0.717, 1.165) is 55.5 Å². The second-order valence-electron chi connectivity index (χ2n) is 7.43. The van der Waals surface area contributed by atoms with Gasteiger partial charge in [0.2, 0.25) is 0 Å². The first kappa shape index (κ1) is 22.1. The molecule has 0 spiro atoms. The summed E-state index contributed by atoms with van der Waals surface area (Å²) in [5.41, 5.74) is 2.58. The van der Waals surface area contributed by atoms with Crippen LogP contribution in [0.15, 0.2) is 35.1 Å². The molecule has 0 atom stereocenters. The molecule has 162 valence electrons. The Hall–Kier alpha value is -2.64. The molecule has 1 aliphatic heterocycles. The molecular formula is C23H31N3O4. The van der Waals surface area contributed by atoms with Crippen LogP contribution in [0.5, 0.6) is 5.75 Å². The number of hydrogen-bond donors (Lipinski definition) is 1. The lowest BCUT2D eigenvalue weighted by Gasteiger charge is -2.26. The van der Waals surface area contributed by atoms with E-state index in [0.29, 0.717) is 19.5 Å². The third-order valence-electron chi connectivity index (χ3n) is 5.53. The van der Waals surface area contributed by atoms with E-state index in [2.05, 4.69) is 10.2 Å². The summed E-state index contributed by atoms with van der Waals surface area (Å²) in [4.78, 5) is 27.9. The first-order valence-electron chi connectivity index (χ1n) is 10.5. The molecule has 1 aromatic heterocycles. The van der Waals surface area contributed by atoms with Gasteiger partial charge in [0.1, 0.15) is 11.3 Å². The molecule has 0 radical (unpaired) electrons. The fraction of sp³-hybridized carbons (Fsp3) is 0.478. The number of pyridine rings is 1. The van der Waals surface area contributed by atoms with Crippen LogP contribution in [0.2, 0.25) is 0 Å². The molecule has 7 heteroatoms. The van der Waals surface area contributed by atoms with Crippen LogP contribution in [0, 0.1) is 6.92 Å². The highest BCUT2D eigenvalue weighted by Gasteiger charge is 2.20. The number of carbonyl (C=O) groups excluding carboxylic acids is 1. The van der Waals surface area contributed by atoms with E-state index in [9.17, 15) is 9.59 Å². The Bertz CT molecular complexity index is 933. The van der Waals surface area contributed by atoms with E-state index in [4.69, 9.17) is 9.47 Å².